The number of nitrogens with one attached hydrogen (secondary N) is 2. The first-order valence-electron chi connectivity index (χ1n) is 14.8. The van der Waals surface area contributed by atoms with Gasteiger partial charge in [-0.25, -0.2) is 9.50 Å². The van der Waals surface area contributed by atoms with E-state index in [0.29, 0.717) is 17.8 Å². The van der Waals surface area contributed by atoms with E-state index in [9.17, 15) is 19.5 Å². The number of esters is 2. The predicted molar refractivity (Wildman–Crippen MR) is 163 cm³/mol. The molecule has 1 fully saturated rings. The number of carbonyl (C=O) groups is 3. The van der Waals surface area contributed by atoms with Crippen LogP contribution in [0, 0.1) is 5.92 Å². The molecule has 0 aliphatic carbocycles. The first-order valence-corrected chi connectivity index (χ1v) is 14.8. The molecule has 3 heterocycles. The Bertz CT molecular complexity index is 1500. The maximum atomic E-state index is 13.0. The summed E-state index contributed by atoms with van der Waals surface area (Å²) >= 11 is 0. The van der Waals surface area contributed by atoms with Crippen molar-refractivity contribution in [2.24, 2.45) is 11.7 Å². The second-order valence-corrected chi connectivity index (χ2v) is 11.6. The predicted octanol–water partition coefficient (Wildman–Crippen LogP) is 1.30. The Balaban J connectivity index is 1.65. The van der Waals surface area contributed by atoms with E-state index in [1.807, 2.05) is 18.2 Å². The third kappa shape index (κ3) is 7.15. The first kappa shape index (κ1) is 33.9. The van der Waals surface area contributed by atoms with Crippen molar-refractivity contribution in [3.8, 4) is 0 Å². The molecule has 244 valence electrons. The monoisotopic (exact) mass is 626 g/mol. The van der Waals surface area contributed by atoms with Gasteiger partial charge in [-0.05, 0) is 51.4 Å². The van der Waals surface area contributed by atoms with Crippen LogP contribution in [-0.2, 0) is 45.5 Å². The van der Waals surface area contributed by atoms with Gasteiger partial charge in [-0.1, -0.05) is 44.2 Å². The molecule has 1 aromatic carbocycles. The van der Waals surface area contributed by atoms with Crippen molar-refractivity contribution in [2.75, 3.05) is 25.6 Å². The molecule has 0 saturated carbocycles. The summed E-state index contributed by atoms with van der Waals surface area (Å²) < 4.78 is 24.6. The van der Waals surface area contributed by atoms with Gasteiger partial charge in [-0.15, -0.1) is 0 Å². The summed E-state index contributed by atoms with van der Waals surface area (Å²) in [4.78, 5) is 42.9. The lowest BCUT2D eigenvalue weighted by Gasteiger charge is -2.31. The van der Waals surface area contributed by atoms with Gasteiger partial charge in [0, 0.05) is 6.61 Å². The van der Waals surface area contributed by atoms with Crippen molar-refractivity contribution in [1.82, 2.24) is 19.9 Å². The summed E-state index contributed by atoms with van der Waals surface area (Å²) in [5.74, 6) is -1.72. The number of hydrogen-bond acceptors (Lipinski definition) is 12. The molecule has 0 bridgehead atoms. The van der Waals surface area contributed by atoms with Crippen molar-refractivity contribution in [3.63, 3.8) is 0 Å². The van der Waals surface area contributed by atoms with Crippen LogP contribution in [0.5, 0.6) is 0 Å². The molecule has 3 aromatic rings. The maximum absolute atomic E-state index is 13.0. The minimum atomic E-state index is -1.70. The summed E-state index contributed by atoms with van der Waals surface area (Å²) in [6.07, 6.45) is -2.62. The van der Waals surface area contributed by atoms with E-state index in [1.165, 1.54) is 10.8 Å². The Morgan fingerprint density at radius 2 is 1.89 bits per heavy atom. The molecule has 1 amide bonds. The van der Waals surface area contributed by atoms with Crippen molar-refractivity contribution >= 4 is 29.2 Å². The van der Waals surface area contributed by atoms with Crippen LogP contribution in [0.1, 0.15) is 45.9 Å². The van der Waals surface area contributed by atoms with Gasteiger partial charge in [-0.3, -0.25) is 19.7 Å². The Kier molecular flexibility index (Phi) is 10.6. The van der Waals surface area contributed by atoms with Crippen LogP contribution in [0.25, 0.3) is 5.52 Å². The smallest absolute Gasteiger partial charge is 0.323 e. The minimum absolute atomic E-state index is 0.0187. The summed E-state index contributed by atoms with van der Waals surface area (Å²) in [7, 11) is 1.56. The second kappa shape index (κ2) is 14.0. The van der Waals surface area contributed by atoms with Crippen LogP contribution in [0.2, 0.25) is 0 Å². The Morgan fingerprint density at radius 1 is 1.18 bits per heavy atom. The van der Waals surface area contributed by atoms with E-state index in [0.717, 1.165) is 5.56 Å². The molecule has 0 spiro atoms. The Hall–Kier alpha value is -3.95. The third-order valence-electron chi connectivity index (χ3n) is 7.76. The van der Waals surface area contributed by atoms with Crippen LogP contribution < -0.4 is 16.4 Å². The molecule has 5 atom stereocenters. The minimum Gasteiger partial charge on any atom is -0.463 e. The fraction of sp³-hybridized carbons (Fsp3) is 0.516. The summed E-state index contributed by atoms with van der Waals surface area (Å²) in [5, 5.41) is 21.9. The van der Waals surface area contributed by atoms with Crippen LogP contribution in [0.4, 0.5) is 5.82 Å². The molecule has 14 nitrogen and oxygen atoms in total. The van der Waals surface area contributed by atoms with Crippen LogP contribution in [0.3, 0.4) is 0 Å². The van der Waals surface area contributed by atoms with Gasteiger partial charge in [0.2, 0.25) is 0 Å². The lowest BCUT2D eigenvalue weighted by atomic mass is 9.99. The number of amides is 1. The molecule has 45 heavy (non-hydrogen) atoms. The first-order chi connectivity index (χ1) is 21.3. The van der Waals surface area contributed by atoms with Gasteiger partial charge < -0.3 is 35.1 Å². The third-order valence-corrected chi connectivity index (χ3v) is 7.76. The number of fused-ring (bicyclic) bond motifs is 1. The maximum Gasteiger partial charge on any atom is 0.323 e. The van der Waals surface area contributed by atoms with Crippen LogP contribution >= 0.6 is 0 Å². The van der Waals surface area contributed by atoms with Crippen molar-refractivity contribution in [2.45, 2.75) is 76.7 Å². The highest BCUT2D eigenvalue weighted by Gasteiger charge is 2.59. The number of aromatic nitrogens is 3. The summed E-state index contributed by atoms with van der Waals surface area (Å²) in [5.41, 5.74) is 4.69. The number of aliphatic hydroxyl groups excluding tert-OH is 1. The highest BCUT2D eigenvalue weighted by atomic mass is 16.6. The molecule has 1 aliphatic rings. The largest absolute Gasteiger partial charge is 0.463 e. The number of aliphatic hydroxyl groups is 1. The molecule has 4 rings (SSSR count). The molecular weight excluding hydrogens is 584 g/mol. The molecule has 14 heteroatoms. The lowest BCUT2D eigenvalue weighted by molar-refractivity contribution is -0.162. The number of benzene rings is 1. The number of hydrogen-bond donors (Lipinski definition) is 4. The highest BCUT2D eigenvalue weighted by molar-refractivity contribution is 5.98. The zero-order chi connectivity index (χ0) is 32.9. The van der Waals surface area contributed by atoms with Gasteiger partial charge >= 0.3 is 11.9 Å². The number of carbonyl (C=O) groups excluding carboxylic acids is 3. The molecule has 1 aliphatic heterocycles. The SMILES string of the molecule is CCOC(C)(C)C(=O)Nc1ncnn2c([C@]3(NC)O[C@H](COC(=O)Cc4ccccc4)[C@@H](OC(=O)[C@@H](N)C(C)C)[C@H]3O)ccc12. The summed E-state index contributed by atoms with van der Waals surface area (Å²) in [6.45, 7) is 8.63. The Labute approximate surface area is 261 Å². The zero-order valence-electron chi connectivity index (χ0n) is 26.4. The topological polar surface area (TPSA) is 189 Å². The van der Waals surface area contributed by atoms with Crippen LogP contribution in [0.15, 0.2) is 48.8 Å². The molecule has 5 N–H and O–H groups in total. The molecule has 1 saturated heterocycles. The van der Waals surface area contributed by atoms with Crippen molar-refractivity contribution < 1.29 is 38.4 Å². The van der Waals surface area contributed by atoms with Gasteiger partial charge in [0.25, 0.3) is 5.91 Å². The van der Waals surface area contributed by atoms with Gasteiger partial charge in [-0.2, -0.15) is 5.10 Å². The summed E-state index contributed by atoms with van der Waals surface area (Å²) in [6, 6.07) is 11.4. The zero-order valence-corrected chi connectivity index (χ0v) is 26.4. The van der Waals surface area contributed by atoms with Crippen molar-refractivity contribution in [1.29, 1.82) is 0 Å². The van der Waals surface area contributed by atoms with Crippen LogP contribution in [-0.4, -0.2) is 87.8 Å². The quantitative estimate of drug-likeness (QED) is 0.199. The van der Waals surface area contributed by atoms with Gasteiger partial charge in [0.05, 0.1) is 12.1 Å². The number of anilines is 1. The number of nitrogens with two attached hydrogens (primary N) is 1. The van der Waals surface area contributed by atoms with Gasteiger partial charge in [0.1, 0.15) is 42.3 Å². The normalized spacial score (nSPS) is 22.4. The number of rotatable bonds is 13. The number of likely N-dealkylation sites (N-methyl/N-ethyl adjacent to an activating group) is 1. The second-order valence-electron chi connectivity index (χ2n) is 11.6. The van der Waals surface area contributed by atoms with E-state index in [2.05, 4.69) is 20.7 Å². The molecule has 0 radical (unpaired) electrons. The number of nitrogens with zero attached hydrogens (tertiary/aromatic N) is 3. The lowest BCUT2D eigenvalue weighted by Crippen LogP contribution is -2.52. The fourth-order valence-corrected chi connectivity index (χ4v) is 5.10. The Morgan fingerprint density at radius 3 is 2.53 bits per heavy atom. The van der Waals surface area contributed by atoms with E-state index >= 15 is 0 Å². The number of ether oxygens (including phenoxy) is 4. The van der Waals surface area contributed by atoms with Crippen molar-refractivity contribution in [3.05, 3.63) is 60.0 Å². The highest BCUT2D eigenvalue weighted by Crippen LogP contribution is 2.40. The van der Waals surface area contributed by atoms with E-state index in [4.69, 9.17) is 24.7 Å². The van der Waals surface area contributed by atoms with Gasteiger partial charge in [0.15, 0.2) is 17.6 Å². The molecular formula is C31H42N6O8. The molecule has 2 aromatic heterocycles. The van der Waals surface area contributed by atoms with E-state index < -0.39 is 53.5 Å². The average Bonchev–Trinajstić information content (AvgIpc) is 3.56. The molecule has 0 unspecified atom stereocenters. The van der Waals surface area contributed by atoms with E-state index in [-0.39, 0.29) is 24.8 Å². The average molecular weight is 627 g/mol. The fourth-order valence-electron chi connectivity index (χ4n) is 5.10. The van der Waals surface area contributed by atoms with E-state index in [1.54, 1.807) is 65.9 Å². The standard InChI is InChI=1S/C31H42N6O8/c1-7-43-30(4,5)29(41)36-27-20-13-14-22(37(20)35-17-34-27)31(33-6)26(39)25(44-28(40)24(32)18(2)3)21(45-31)16-42-23(38)15-19-11-9-8-10-12-19/h8-14,17-18,21,24-26,33,39H,7,15-16,32H2,1-6H3,(H,34,35,36,41)/t21-,24+,25-,26-,31+/m1/s1.